The first-order valence-electron chi connectivity index (χ1n) is 9.22. The third-order valence-corrected chi connectivity index (χ3v) is 5.41. The number of hydrogen-bond acceptors (Lipinski definition) is 4. The molecule has 0 aliphatic carbocycles. The van der Waals surface area contributed by atoms with E-state index in [4.69, 9.17) is 21.6 Å². The molecule has 1 aromatic carbocycles. The van der Waals surface area contributed by atoms with Crippen LogP contribution < -0.4 is 0 Å². The van der Waals surface area contributed by atoms with Crippen molar-refractivity contribution in [3.05, 3.63) is 70.9 Å². The Kier molecular flexibility index (Phi) is 3.98. The van der Waals surface area contributed by atoms with Gasteiger partial charge in [0.1, 0.15) is 11.3 Å². The van der Waals surface area contributed by atoms with Crippen LogP contribution in [0.1, 0.15) is 17.2 Å². The quantitative estimate of drug-likeness (QED) is 0.445. The van der Waals surface area contributed by atoms with E-state index in [1.807, 2.05) is 43.5 Å². The molecule has 5 rings (SSSR count). The van der Waals surface area contributed by atoms with E-state index in [9.17, 15) is 0 Å². The van der Waals surface area contributed by atoms with Gasteiger partial charge in [-0.15, -0.1) is 0 Å². The zero-order valence-corrected chi connectivity index (χ0v) is 16.4. The van der Waals surface area contributed by atoms with Crippen LogP contribution >= 0.6 is 11.6 Å². The molecule has 0 bridgehead atoms. The van der Waals surface area contributed by atoms with Crippen molar-refractivity contribution < 1.29 is 0 Å². The molecule has 0 N–H and O–H groups in total. The predicted molar refractivity (Wildman–Crippen MR) is 113 cm³/mol. The van der Waals surface area contributed by atoms with Crippen LogP contribution in [-0.4, -0.2) is 24.5 Å². The second-order valence-corrected chi connectivity index (χ2v) is 7.41. The number of hydrogen-bond donors (Lipinski definition) is 0. The molecule has 0 spiro atoms. The Hall–Kier alpha value is -3.05. The van der Waals surface area contributed by atoms with Crippen molar-refractivity contribution in [2.45, 2.75) is 19.8 Å². The van der Waals surface area contributed by atoms with Crippen molar-refractivity contribution in [1.29, 1.82) is 0 Å². The van der Waals surface area contributed by atoms with Crippen LogP contribution in [0.4, 0.5) is 0 Å². The monoisotopic (exact) mass is 387 g/mol. The molecule has 0 aliphatic rings. The lowest BCUT2D eigenvalue weighted by Gasteiger charge is -2.06. The first-order valence-corrected chi connectivity index (χ1v) is 9.60. The molecular formula is C22H18ClN5. The molecule has 0 radical (unpaired) electrons. The second kappa shape index (κ2) is 6.53. The number of fused-ring (bicyclic) bond motifs is 4. The topological polar surface area (TPSA) is 56.5 Å². The van der Waals surface area contributed by atoms with Crippen LogP contribution in [-0.2, 0) is 19.9 Å². The van der Waals surface area contributed by atoms with E-state index >= 15 is 0 Å². The predicted octanol–water partition coefficient (Wildman–Crippen LogP) is 4.81. The third kappa shape index (κ3) is 2.79. The third-order valence-electron chi connectivity index (χ3n) is 5.12. The van der Waals surface area contributed by atoms with Crippen molar-refractivity contribution in [2.24, 2.45) is 7.05 Å². The maximum absolute atomic E-state index is 6.36. The summed E-state index contributed by atoms with van der Waals surface area (Å²) in [6.45, 7) is 1.93. The Balaban J connectivity index is 1.50. The summed E-state index contributed by atoms with van der Waals surface area (Å²) in [7, 11) is 2.06. The Morgan fingerprint density at radius 1 is 0.929 bits per heavy atom. The molecule has 0 atom stereocenters. The number of benzene rings is 1. The highest BCUT2D eigenvalue weighted by molar-refractivity contribution is 6.34. The summed E-state index contributed by atoms with van der Waals surface area (Å²) in [5.74, 6) is 1.03. The molecule has 4 heterocycles. The van der Waals surface area contributed by atoms with E-state index in [1.54, 1.807) is 0 Å². The maximum atomic E-state index is 6.36. The van der Waals surface area contributed by atoms with Crippen LogP contribution in [0.25, 0.3) is 33.0 Å². The van der Waals surface area contributed by atoms with Crippen molar-refractivity contribution >= 4 is 44.6 Å². The first kappa shape index (κ1) is 17.1. The zero-order chi connectivity index (χ0) is 19.3. The first-order chi connectivity index (χ1) is 13.6. The number of aromatic nitrogens is 5. The van der Waals surface area contributed by atoms with Gasteiger partial charge in [0.15, 0.2) is 0 Å². The summed E-state index contributed by atoms with van der Waals surface area (Å²) in [5, 5.41) is 1.73. The van der Waals surface area contributed by atoms with E-state index < -0.39 is 0 Å². The van der Waals surface area contributed by atoms with Gasteiger partial charge in [0.05, 0.1) is 27.1 Å². The molecular weight excluding hydrogens is 370 g/mol. The molecule has 0 saturated carbocycles. The van der Waals surface area contributed by atoms with Crippen molar-refractivity contribution in [3.8, 4) is 0 Å². The van der Waals surface area contributed by atoms with Gasteiger partial charge in [-0.25, -0.2) is 9.97 Å². The Labute approximate surface area is 167 Å². The summed E-state index contributed by atoms with van der Waals surface area (Å²) >= 11 is 6.36. The number of halogens is 1. The van der Waals surface area contributed by atoms with E-state index in [1.165, 1.54) is 0 Å². The molecule has 0 saturated heterocycles. The van der Waals surface area contributed by atoms with Crippen molar-refractivity contribution in [1.82, 2.24) is 24.5 Å². The largest absolute Gasteiger partial charge is 0.331 e. The molecule has 4 aromatic heterocycles. The summed E-state index contributed by atoms with van der Waals surface area (Å²) < 4.78 is 2.15. The minimum Gasteiger partial charge on any atom is -0.331 e. The summed E-state index contributed by atoms with van der Waals surface area (Å²) in [6.07, 6.45) is 3.39. The fraction of sp³-hybridized carbons (Fsp3) is 0.182. The smallest absolute Gasteiger partial charge is 0.110 e. The minimum absolute atomic E-state index is 0.644. The number of imidazole rings is 1. The highest BCUT2D eigenvalue weighted by Gasteiger charge is 2.12. The molecule has 138 valence electrons. The second-order valence-electron chi connectivity index (χ2n) is 7.01. The van der Waals surface area contributed by atoms with E-state index in [0.29, 0.717) is 5.02 Å². The van der Waals surface area contributed by atoms with Crippen LogP contribution in [0.15, 0.2) is 48.7 Å². The van der Waals surface area contributed by atoms with Crippen molar-refractivity contribution in [3.63, 3.8) is 0 Å². The lowest BCUT2D eigenvalue weighted by Crippen LogP contribution is -2.02. The molecule has 0 amide bonds. The summed E-state index contributed by atoms with van der Waals surface area (Å²) in [6, 6.07) is 14.0. The molecule has 5 aromatic rings. The molecule has 28 heavy (non-hydrogen) atoms. The molecule has 5 nitrogen and oxygen atoms in total. The van der Waals surface area contributed by atoms with Gasteiger partial charge in [0.25, 0.3) is 0 Å². The van der Waals surface area contributed by atoms with Crippen LogP contribution in [0.3, 0.4) is 0 Å². The fourth-order valence-electron chi connectivity index (χ4n) is 3.69. The lowest BCUT2D eigenvalue weighted by atomic mass is 10.2. The molecule has 0 aliphatic heterocycles. The van der Waals surface area contributed by atoms with Gasteiger partial charge in [0, 0.05) is 36.4 Å². The SMILES string of the molecule is Cc1cc(Cl)c2nc(CCc3nc4c5cccnc5ccc4n3C)ccc2n1. The van der Waals surface area contributed by atoms with E-state index in [0.717, 1.165) is 63.0 Å². The minimum atomic E-state index is 0.644. The maximum Gasteiger partial charge on any atom is 0.110 e. The van der Waals surface area contributed by atoms with Gasteiger partial charge < -0.3 is 4.57 Å². The fourth-order valence-corrected chi connectivity index (χ4v) is 3.99. The summed E-state index contributed by atoms with van der Waals surface area (Å²) in [5.41, 5.74) is 6.55. The summed E-state index contributed by atoms with van der Waals surface area (Å²) in [4.78, 5) is 18.6. The highest BCUT2D eigenvalue weighted by atomic mass is 35.5. The number of nitrogens with zero attached hydrogens (tertiary/aromatic N) is 5. The Bertz CT molecular complexity index is 1360. The van der Waals surface area contributed by atoms with Gasteiger partial charge in [-0.3, -0.25) is 9.97 Å². The van der Waals surface area contributed by atoms with Gasteiger partial charge in [0.2, 0.25) is 0 Å². The highest BCUT2D eigenvalue weighted by Crippen LogP contribution is 2.25. The Morgan fingerprint density at radius 3 is 2.68 bits per heavy atom. The van der Waals surface area contributed by atoms with Gasteiger partial charge in [-0.05, 0) is 55.8 Å². The van der Waals surface area contributed by atoms with Crippen molar-refractivity contribution in [2.75, 3.05) is 0 Å². The normalized spacial score (nSPS) is 11.7. The standard InChI is InChI=1S/C22H18ClN5/c1-13-12-16(23)22-18(25-13)7-5-14(26-22)6-10-20-27-21-15-4-3-11-24-17(15)8-9-19(21)28(20)2/h3-5,7-9,11-12H,6,10H2,1-2H3. The number of rotatable bonds is 3. The molecule has 6 heteroatoms. The Morgan fingerprint density at radius 2 is 1.79 bits per heavy atom. The molecule has 0 fully saturated rings. The average molecular weight is 388 g/mol. The number of pyridine rings is 3. The number of aryl methyl sites for hydroxylation is 4. The van der Waals surface area contributed by atoms with Crippen LogP contribution in [0.5, 0.6) is 0 Å². The lowest BCUT2D eigenvalue weighted by molar-refractivity contribution is 0.778. The van der Waals surface area contributed by atoms with Gasteiger partial charge in [-0.1, -0.05) is 11.6 Å². The average Bonchev–Trinajstić information content (AvgIpc) is 3.03. The molecule has 0 unspecified atom stereocenters. The zero-order valence-electron chi connectivity index (χ0n) is 15.6. The van der Waals surface area contributed by atoms with Crippen LogP contribution in [0, 0.1) is 6.92 Å². The van der Waals surface area contributed by atoms with Gasteiger partial charge >= 0.3 is 0 Å². The van der Waals surface area contributed by atoms with E-state index in [2.05, 4.69) is 33.7 Å². The van der Waals surface area contributed by atoms with E-state index in [-0.39, 0.29) is 0 Å². The van der Waals surface area contributed by atoms with Crippen LogP contribution in [0.2, 0.25) is 5.02 Å². The van der Waals surface area contributed by atoms with Gasteiger partial charge in [-0.2, -0.15) is 0 Å².